The second-order valence-corrected chi connectivity index (χ2v) is 8.05. The van der Waals surface area contributed by atoms with E-state index in [4.69, 9.17) is 4.74 Å². The average molecular weight is 356 g/mol. The molecule has 0 radical (unpaired) electrons. The van der Waals surface area contributed by atoms with Gasteiger partial charge in [0, 0.05) is 25.3 Å². The Hall–Kier alpha value is -1.87. The molecule has 0 aromatic carbocycles. The number of carboxylic acids is 1. The van der Waals surface area contributed by atoms with Crippen molar-refractivity contribution in [2.45, 2.75) is 43.2 Å². The van der Waals surface area contributed by atoms with E-state index in [0.29, 0.717) is 19.3 Å². The average Bonchev–Trinajstić information content (AvgIpc) is 3.19. The molecule has 3 unspecified atom stereocenters. The molecule has 9 heteroatoms. The number of rotatable bonds is 5. The summed E-state index contributed by atoms with van der Waals surface area (Å²) >= 11 is 0. The maximum absolute atomic E-state index is 13.0. The SMILES string of the molecule is CCOC(=O)c1cc(S(=O)(=O)N2C3CCC2C(C(=O)O)C3)cn1C. The molecule has 0 saturated carbocycles. The van der Waals surface area contributed by atoms with Crippen molar-refractivity contribution >= 4 is 22.0 Å². The monoisotopic (exact) mass is 356 g/mol. The Morgan fingerprint density at radius 1 is 1.38 bits per heavy atom. The largest absolute Gasteiger partial charge is 0.481 e. The summed E-state index contributed by atoms with van der Waals surface area (Å²) in [7, 11) is -2.28. The highest BCUT2D eigenvalue weighted by Crippen LogP contribution is 2.45. The zero-order chi connectivity index (χ0) is 17.6. The number of aliphatic carboxylic acids is 1. The Balaban J connectivity index is 1.94. The minimum atomic E-state index is -3.85. The number of hydrogen-bond acceptors (Lipinski definition) is 5. The van der Waals surface area contributed by atoms with Crippen molar-refractivity contribution in [2.24, 2.45) is 13.0 Å². The summed E-state index contributed by atoms with van der Waals surface area (Å²) < 4.78 is 33.6. The van der Waals surface area contributed by atoms with Gasteiger partial charge in [0.25, 0.3) is 0 Å². The lowest BCUT2D eigenvalue weighted by Crippen LogP contribution is -2.37. The Labute approximate surface area is 140 Å². The first-order valence-electron chi connectivity index (χ1n) is 7.87. The standard InChI is InChI=1S/C15H20N2O6S/c1-3-23-15(20)13-7-10(8-16(13)2)24(21,22)17-9-4-5-12(17)11(6-9)14(18)19/h7-9,11-12H,3-6H2,1-2H3,(H,18,19). The van der Waals surface area contributed by atoms with Gasteiger partial charge in [-0.1, -0.05) is 0 Å². The highest BCUT2D eigenvalue weighted by atomic mass is 32.2. The maximum atomic E-state index is 13.0. The van der Waals surface area contributed by atoms with Crippen molar-refractivity contribution in [3.05, 3.63) is 18.0 Å². The van der Waals surface area contributed by atoms with E-state index in [0.717, 1.165) is 0 Å². The van der Waals surface area contributed by atoms with E-state index in [2.05, 4.69) is 0 Å². The molecule has 1 N–H and O–H groups in total. The summed E-state index contributed by atoms with van der Waals surface area (Å²) in [6, 6.07) is 0.497. The van der Waals surface area contributed by atoms with Gasteiger partial charge in [-0.25, -0.2) is 13.2 Å². The van der Waals surface area contributed by atoms with Crippen LogP contribution in [0.4, 0.5) is 0 Å². The van der Waals surface area contributed by atoms with Crippen LogP contribution in [0.2, 0.25) is 0 Å². The number of esters is 1. The van der Waals surface area contributed by atoms with E-state index in [1.54, 1.807) is 14.0 Å². The third-order valence-electron chi connectivity index (χ3n) is 4.83. The number of ether oxygens (including phenoxy) is 1. The zero-order valence-corrected chi connectivity index (χ0v) is 14.3. The first-order chi connectivity index (χ1) is 11.3. The van der Waals surface area contributed by atoms with Crippen LogP contribution in [0.1, 0.15) is 36.7 Å². The van der Waals surface area contributed by atoms with Gasteiger partial charge >= 0.3 is 11.9 Å². The molecular formula is C15H20N2O6S. The Morgan fingerprint density at radius 2 is 2.08 bits per heavy atom. The predicted molar refractivity (Wildman–Crippen MR) is 82.9 cm³/mol. The number of carbonyl (C=O) groups is 2. The minimum Gasteiger partial charge on any atom is -0.481 e. The van der Waals surface area contributed by atoms with E-state index < -0.39 is 33.9 Å². The first kappa shape index (κ1) is 17.0. The van der Waals surface area contributed by atoms with Gasteiger partial charge in [-0.2, -0.15) is 4.31 Å². The summed E-state index contributed by atoms with van der Waals surface area (Å²) in [5.41, 5.74) is 0.150. The number of aromatic nitrogens is 1. The summed E-state index contributed by atoms with van der Waals surface area (Å²) in [5, 5.41) is 9.28. The number of nitrogens with zero attached hydrogens (tertiary/aromatic N) is 2. The molecule has 1 aromatic rings. The second kappa shape index (κ2) is 5.89. The van der Waals surface area contributed by atoms with Gasteiger partial charge in [0.1, 0.15) is 10.6 Å². The number of carbonyl (C=O) groups excluding carboxylic acids is 1. The van der Waals surface area contributed by atoms with E-state index >= 15 is 0 Å². The molecule has 132 valence electrons. The van der Waals surface area contributed by atoms with E-state index in [1.165, 1.54) is 21.1 Å². The maximum Gasteiger partial charge on any atom is 0.354 e. The normalized spacial score (nSPS) is 26.7. The summed E-state index contributed by atoms with van der Waals surface area (Å²) in [4.78, 5) is 23.2. The van der Waals surface area contributed by atoms with E-state index in [9.17, 15) is 23.1 Å². The van der Waals surface area contributed by atoms with Gasteiger partial charge in [-0.05, 0) is 32.3 Å². The molecule has 3 rings (SSSR count). The van der Waals surface area contributed by atoms with Crippen LogP contribution in [0.5, 0.6) is 0 Å². The minimum absolute atomic E-state index is 0.00371. The fourth-order valence-corrected chi connectivity index (χ4v) is 5.77. The topological polar surface area (TPSA) is 106 Å². The molecule has 24 heavy (non-hydrogen) atoms. The zero-order valence-electron chi connectivity index (χ0n) is 13.5. The molecule has 2 aliphatic rings. The molecule has 0 aliphatic carbocycles. The van der Waals surface area contributed by atoms with Crippen LogP contribution in [-0.2, 0) is 26.6 Å². The number of aryl methyl sites for hydroxylation is 1. The van der Waals surface area contributed by atoms with Gasteiger partial charge in [0.2, 0.25) is 10.0 Å². The quantitative estimate of drug-likeness (QED) is 0.783. The third-order valence-corrected chi connectivity index (χ3v) is 6.77. The lowest BCUT2D eigenvalue weighted by molar-refractivity contribution is -0.142. The first-order valence-corrected chi connectivity index (χ1v) is 9.31. The van der Waals surface area contributed by atoms with Gasteiger partial charge in [0.05, 0.1) is 12.5 Å². The second-order valence-electron chi connectivity index (χ2n) is 6.21. The summed E-state index contributed by atoms with van der Waals surface area (Å²) in [6.45, 7) is 1.87. The summed E-state index contributed by atoms with van der Waals surface area (Å²) in [5.74, 6) is -2.20. The third kappa shape index (κ3) is 2.51. The van der Waals surface area contributed by atoms with Crippen molar-refractivity contribution in [2.75, 3.05) is 6.61 Å². The molecule has 1 aromatic heterocycles. The lowest BCUT2D eigenvalue weighted by Gasteiger charge is -2.21. The Bertz CT molecular complexity index is 784. The lowest BCUT2D eigenvalue weighted by atomic mass is 9.89. The van der Waals surface area contributed by atoms with Crippen LogP contribution in [0.25, 0.3) is 0 Å². The van der Waals surface area contributed by atoms with Crippen LogP contribution < -0.4 is 0 Å². The van der Waals surface area contributed by atoms with Crippen LogP contribution >= 0.6 is 0 Å². The molecule has 0 amide bonds. The highest BCUT2D eigenvalue weighted by molar-refractivity contribution is 7.89. The number of sulfonamides is 1. The molecule has 8 nitrogen and oxygen atoms in total. The van der Waals surface area contributed by atoms with Crippen LogP contribution in [-0.4, -0.2) is 53.0 Å². The molecule has 2 aliphatic heterocycles. The molecule has 2 fully saturated rings. The van der Waals surface area contributed by atoms with Crippen molar-refractivity contribution in [3.8, 4) is 0 Å². The van der Waals surface area contributed by atoms with Gasteiger partial charge < -0.3 is 14.4 Å². The predicted octanol–water partition coefficient (Wildman–Crippen LogP) is 0.828. The number of hydrogen-bond donors (Lipinski definition) is 1. The molecule has 0 spiro atoms. The van der Waals surface area contributed by atoms with Gasteiger partial charge in [-0.15, -0.1) is 0 Å². The van der Waals surface area contributed by atoms with Crippen LogP contribution in [0, 0.1) is 5.92 Å². The Morgan fingerprint density at radius 3 is 2.67 bits per heavy atom. The molecular weight excluding hydrogens is 336 g/mol. The van der Waals surface area contributed by atoms with Crippen LogP contribution in [0.15, 0.2) is 17.2 Å². The van der Waals surface area contributed by atoms with E-state index in [1.807, 2.05) is 0 Å². The van der Waals surface area contributed by atoms with Crippen molar-refractivity contribution in [1.29, 1.82) is 0 Å². The number of fused-ring (bicyclic) bond motifs is 2. The van der Waals surface area contributed by atoms with E-state index in [-0.39, 0.29) is 23.2 Å². The fraction of sp³-hybridized carbons (Fsp3) is 0.600. The molecule has 2 saturated heterocycles. The molecule has 2 bridgehead atoms. The van der Waals surface area contributed by atoms with Crippen molar-refractivity contribution in [1.82, 2.24) is 8.87 Å². The van der Waals surface area contributed by atoms with Gasteiger partial charge in [0.15, 0.2) is 0 Å². The fourth-order valence-electron chi connectivity index (χ4n) is 3.78. The van der Waals surface area contributed by atoms with Crippen LogP contribution in [0.3, 0.4) is 0 Å². The highest BCUT2D eigenvalue weighted by Gasteiger charge is 2.54. The molecule has 3 atom stereocenters. The number of carboxylic acid groups (broad SMARTS) is 1. The Kier molecular flexibility index (Phi) is 4.16. The summed E-state index contributed by atoms with van der Waals surface area (Å²) in [6.07, 6.45) is 2.94. The smallest absolute Gasteiger partial charge is 0.354 e. The van der Waals surface area contributed by atoms with Crippen molar-refractivity contribution < 1.29 is 27.9 Å². The van der Waals surface area contributed by atoms with Gasteiger partial charge in [-0.3, -0.25) is 4.79 Å². The van der Waals surface area contributed by atoms with Crippen molar-refractivity contribution in [3.63, 3.8) is 0 Å². The molecule has 3 heterocycles.